The zero-order chi connectivity index (χ0) is 23.4. The van der Waals surface area contributed by atoms with Crippen LogP contribution in [0.5, 0.6) is 0 Å². The van der Waals surface area contributed by atoms with Crippen LogP contribution in [0.1, 0.15) is 27.8 Å². The van der Waals surface area contributed by atoms with E-state index in [1.807, 2.05) is 0 Å². The smallest absolute Gasteiger partial charge is 0.361 e. The monoisotopic (exact) mass is 456 g/mol. The zero-order valence-corrected chi connectivity index (χ0v) is 16.7. The maximum atomic E-state index is 14.1. The fourth-order valence-electron chi connectivity index (χ4n) is 4.10. The first-order valence-electron chi connectivity index (χ1n) is 9.87. The van der Waals surface area contributed by atoms with Gasteiger partial charge in [0.25, 0.3) is 0 Å². The Kier molecular flexibility index (Phi) is 4.70. The lowest BCUT2D eigenvalue weighted by molar-refractivity contribution is -0.143. The molecule has 8 heteroatoms. The lowest BCUT2D eigenvalue weighted by Crippen LogP contribution is -2.14. The molecular formula is C25H14F6N2. The summed E-state index contributed by atoms with van der Waals surface area (Å²) in [6.45, 7) is 0. The highest BCUT2D eigenvalue weighted by molar-refractivity contribution is 6.28. The summed E-state index contributed by atoms with van der Waals surface area (Å²) < 4.78 is 82.0. The Balaban J connectivity index is 1.88. The van der Waals surface area contributed by atoms with Gasteiger partial charge in [-0.2, -0.15) is 26.3 Å². The Bertz CT molecular complexity index is 1440. The third kappa shape index (κ3) is 3.61. The summed E-state index contributed by atoms with van der Waals surface area (Å²) in [5, 5.41) is 0.644. The number of H-pyrrole nitrogens is 1. The molecule has 1 N–H and O–H groups in total. The van der Waals surface area contributed by atoms with Crippen LogP contribution in [0.25, 0.3) is 22.0 Å². The van der Waals surface area contributed by atoms with Gasteiger partial charge in [-0.05, 0) is 29.8 Å². The highest BCUT2D eigenvalue weighted by Gasteiger charge is 2.39. The molecule has 5 rings (SSSR count). The normalized spacial score (nSPS) is 15.2. The Morgan fingerprint density at radius 3 is 2.24 bits per heavy atom. The number of hydrogen-bond acceptors (Lipinski definition) is 1. The van der Waals surface area contributed by atoms with Crippen LogP contribution in [0.3, 0.4) is 0 Å². The van der Waals surface area contributed by atoms with E-state index in [2.05, 4.69) is 9.98 Å². The molecule has 33 heavy (non-hydrogen) atoms. The highest BCUT2D eigenvalue weighted by atomic mass is 19.4. The first-order valence-corrected chi connectivity index (χ1v) is 9.87. The third-order valence-corrected chi connectivity index (χ3v) is 5.58. The molecule has 2 heterocycles. The van der Waals surface area contributed by atoms with Crippen molar-refractivity contribution in [3.05, 3.63) is 101 Å². The van der Waals surface area contributed by atoms with Gasteiger partial charge in [0.1, 0.15) is 0 Å². The Morgan fingerprint density at radius 2 is 1.48 bits per heavy atom. The third-order valence-electron chi connectivity index (χ3n) is 5.58. The van der Waals surface area contributed by atoms with E-state index in [1.165, 1.54) is 6.21 Å². The minimum absolute atomic E-state index is 0.155. The van der Waals surface area contributed by atoms with Crippen LogP contribution < -0.4 is 0 Å². The molecule has 2 nitrogen and oxygen atoms in total. The number of para-hydroxylation sites is 2. The Morgan fingerprint density at radius 1 is 0.758 bits per heavy atom. The average molecular weight is 456 g/mol. The largest absolute Gasteiger partial charge is 0.417 e. The molecule has 0 saturated carbocycles. The van der Waals surface area contributed by atoms with Gasteiger partial charge >= 0.3 is 12.4 Å². The van der Waals surface area contributed by atoms with Crippen molar-refractivity contribution in [1.29, 1.82) is 0 Å². The molecule has 0 aliphatic carbocycles. The van der Waals surface area contributed by atoms with E-state index in [4.69, 9.17) is 0 Å². The fraction of sp³-hybridized carbons (Fsp3) is 0.0800. The van der Waals surface area contributed by atoms with E-state index >= 15 is 0 Å². The molecule has 1 aromatic heterocycles. The molecule has 0 unspecified atom stereocenters. The van der Waals surface area contributed by atoms with Crippen LogP contribution in [0.2, 0.25) is 0 Å². The lowest BCUT2D eigenvalue weighted by atomic mass is 9.86. The Hall–Kier alpha value is -3.81. The molecule has 0 radical (unpaired) electrons. The van der Waals surface area contributed by atoms with Crippen molar-refractivity contribution >= 4 is 34.0 Å². The number of benzene rings is 3. The SMILES string of the molecule is FC(F)(F)c1ccc(C(=C2C=Nc3ccccc32)c2c[nH]c3ccccc23)c(C(F)(F)F)c1. The number of halogens is 6. The summed E-state index contributed by atoms with van der Waals surface area (Å²) >= 11 is 0. The molecule has 1 aliphatic heterocycles. The zero-order valence-electron chi connectivity index (χ0n) is 16.7. The molecule has 0 amide bonds. The quantitative estimate of drug-likeness (QED) is 0.297. The van der Waals surface area contributed by atoms with Gasteiger partial charge in [0.2, 0.25) is 0 Å². The van der Waals surface area contributed by atoms with Crippen molar-refractivity contribution in [2.45, 2.75) is 12.4 Å². The molecule has 0 spiro atoms. The highest BCUT2D eigenvalue weighted by Crippen LogP contribution is 2.46. The number of aromatic nitrogens is 1. The minimum atomic E-state index is -5.01. The molecular weight excluding hydrogens is 442 g/mol. The minimum Gasteiger partial charge on any atom is -0.361 e. The van der Waals surface area contributed by atoms with Gasteiger partial charge in [-0.1, -0.05) is 42.5 Å². The summed E-state index contributed by atoms with van der Waals surface area (Å²) in [6, 6.07) is 15.7. The number of aromatic amines is 1. The van der Waals surface area contributed by atoms with Crippen molar-refractivity contribution in [1.82, 2.24) is 4.98 Å². The van der Waals surface area contributed by atoms with Crippen LogP contribution in [0, 0.1) is 0 Å². The second kappa shape index (κ2) is 7.37. The molecule has 3 aromatic carbocycles. The van der Waals surface area contributed by atoms with Crippen LogP contribution in [0.4, 0.5) is 32.0 Å². The van der Waals surface area contributed by atoms with E-state index < -0.39 is 23.5 Å². The first kappa shape index (κ1) is 21.1. The van der Waals surface area contributed by atoms with Gasteiger partial charge in [-0.15, -0.1) is 0 Å². The van der Waals surface area contributed by atoms with E-state index in [0.717, 1.165) is 6.07 Å². The van der Waals surface area contributed by atoms with Gasteiger partial charge in [0.05, 0.1) is 16.8 Å². The lowest BCUT2D eigenvalue weighted by Gasteiger charge is -2.19. The number of nitrogens with zero attached hydrogens (tertiary/aromatic N) is 1. The predicted octanol–water partition coefficient (Wildman–Crippen LogP) is 7.88. The van der Waals surface area contributed by atoms with Crippen molar-refractivity contribution < 1.29 is 26.3 Å². The predicted molar refractivity (Wildman–Crippen MR) is 115 cm³/mol. The maximum Gasteiger partial charge on any atom is 0.417 e. The Labute approximate surface area is 183 Å². The fourth-order valence-corrected chi connectivity index (χ4v) is 4.10. The number of hydrogen-bond donors (Lipinski definition) is 1. The summed E-state index contributed by atoms with van der Waals surface area (Å²) in [6.07, 6.45) is -6.89. The topological polar surface area (TPSA) is 28.1 Å². The van der Waals surface area contributed by atoms with Crippen LogP contribution >= 0.6 is 0 Å². The molecule has 4 aromatic rings. The van der Waals surface area contributed by atoms with E-state index in [-0.39, 0.29) is 17.2 Å². The maximum absolute atomic E-state index is 14.1. The summed E-state index contributed by atoms with van der Waals surface area (Å²) in [4.78, 5) is 7.35. The average Bonchev–Trinajstić information content (AvgIpc) is 3.38. The van der Waals surface area contributed by atoms with Gasteiger partial charge < -0.3 is 4.98 Å². The van der Waals surface area contributed by atoms with Crippen LogP contribution in [-0.2, 0) is 12.4 Å². The number of nitrogens with one attached hydrogen (secondary N) is 1. The van der Waals surface area contributed by atoms with Crippen LogP contribution in [0.15, 0.2) is 77.9 Å². The van der Waals surface area contributed by atoms with E-state index in [1.54, 1.807) is 54.7 Å². The first-order chi connectivity index (χ1) is 15.6. The van der Waals surface area contributed by atoms with Gasteiger partial charge in [-0.25, -0.2) is 0 Å². The van der Waals surface area contributed by atoms with Crippen LogP contribution in [-0.4, -0.2) is 11.2 Å². The van der Waals surface area contributed by atoms with E-state index in [9.17, 15) is 26.3 Å². The molecule has 0 fully saturated rings. The van der Waals surface area contributed by atoms with Crippen molar-refractivity contribution in [2.75, 3.05) is 0 Å². The van der Waals surface area contributed by atoms with Gasteiger partial charge in [0.15, 0.2) is 0 Å². The van der Waals surface area contributed by atoms with E-state index in [0.29, 0.717) is 39.4 Å². The number of rotatable bonds is 2. The van der Waals surface area contributed by atoms with Crippen molar-refractivity contribution in [3.8, 4) is 0 Å². The summed E-state index contributed by atoms with van der Waals surface area (Å²) in [7, 11) is 0. The number of fused-ring (bicyclic) bond motifs is 2. The molecule has 1 aliphatic rings. The summed E-state index contributed by atoms with van der Waals surface area (Å²) in [5.41, 5.74) is -0.203. The second-order valence-electron chi connectivity index (χ2n) is 7.57. The molecule has 0 saturated heterocycles. The summed E-state index contributed by atoms with van der Waals surface area (Å²) in [5.74, 6) is 0. The van der Waals surface area contributed by atoms with Crippen molar-refractivity contribution in [2.24, 2.45) is 4.99 Å². The number of allylic oxidation sites excluding steroid dienone is 1. The van der Waals surface area contributed by atoms with Gasteiger partial charge in [0, 0.05) is 45.6 Å². The molecule has 0 atom stereocenters. The van der Waals surface area contributed by atoms with Crippen molar-refractivity contribution in [3.63, 3.8) is 0 Å². The van der Waals surface area contributed by atoms with Gasteiger partial charge in [-0.3, -0.25) is 4.99 Å². The second-order valence-corrected chi connectivity index (χ2v) is 7.57. The number of aliphatic imine (C=N–C) groups is 1. The molecule has 0 bridgehead atoms. The number of alkyl halides is 6. The molecule has 166 valence electrons. The standard InChI is InChI=1S/C25H14F6N2/c26-24(27,28)14-9-10-17(20(11-14)25(29,30)31)23(18-12-32-21-7-3-1-5-15(18)21)19-13-33-22-8-4-2-6-16(19)22/h1-13,32H.